The zero-order valence-electron chi connectivity index (χ0n) is 17.9. The van der Waals surface area contributed by atoms with Crippen LogP contribution >= 0.6 is 0 Å². The molecule has 0 spiro atoms. The molecule has 0 saturated heterocycles. The van der Waals surface area contributed by atoms with Crippen LogP contribution in [0.2, 0.25) is 0 Å². The first-order chi connectivity index (χ1) is 13.7. The normalized spacial score (nSPS) is 24.8. The van der Waals surface area contributed by atoms with Gasteiger partial charge in [0.25, 0.3) is 0 Å². The van der Waals surface area contributed by atoms with E-state index in [2.05, 4.69) is 25.1 Å². The summed E-state index contributed by atoms with van der Waals surface area (Å²) in [6, 6.07) is 4.34. The number of rotatable bonds is 1. The predicted molar refractivity (Wildman–Crippen MR) is 112 cm³/mol. The van der Waals surface area contributed by atoms with Crippen molar-refractivity contribution in [1.29, 1.82) is 0 Å². The number of ether oxygens (including phenoxy) is 2. The molecule has 2 aliphatic heterocycles. The van der Waals surface area contributed by atoms with Gasteiger partial charge in [-0.25, -0.2) is 9.59 Å². The van der Waals surface area contributed by atoms with Crippen LogP contribution in [0.5, 0.6) is 0 Å². The van der Waals surface area contributed by atoms with E-state index in [0.29, 0.717) is 19.7 Å². The van der Waals surface area contributed by atoms with Crippen LogP contribution < -0.4 is 4.90 Å². The minimum Gasteiger partial charge on any atom is -0.450 e. The fourth-order valence-corrected chi connectivity index (χ4v) is 4.91. The summed E-state index contributed by atoms with van der Waals surface area (Å²) in [6.45, 7) is 11.1. The molecule has 0 fully saturated rings. The Morgan fingerprint density at radius 1 is 1.21 bits per heavy atom. The molecule has 6 heteroatoms. The van der Waals surface area contributed by atoms with Gasteiger partial charge >= 0.3 is 12.2 Å². The van der Waals surface area contributed by atoms with Crippen LogP contribution in [0.4, 0.5) is 15.3 Å². The van der Waals surface area contributed by atoms with Crippen molar-refractivity contribution in [2.45, 2.75) is 64.5 Å². The molecule has 29 heavy (non-hydrogen) atoms. The second-order valence-corrected chi connectivity index (χ2v) is 9.18. The number of aryl methyl sites for hydroxylation is 1. The number of carbonyl (C=O) groups is 2. The lowest BCUT2D eigenvalue weighted by atomic mass is 9.72. The van der Waals surface area contributed by atoms with Gasteiger partial charge in [-0.1, -0.05) is 18.2 Å². The summed E-state index contributed by atoms with van der Waals surface area (Å²) in [5.74, 6) is 0.314. The van der Waals surface area contributed by atoms with Crippen LogP contribution in [0.3, 0.4) is 0 Å². The maximum atomic E-state index is 12.9. The van der Waals surface area contributed by atoms with E-state index >= 15 is 0 Å². The number of nitrogens with zero attached hydrogens (tertiary/aromatic N) is 2. The van der Waals surface area contributed by atoms with Gasteiger partial charge in [-0.3, -0.25) is 4.90 Å². The maximum absolute atomic E-state index is 12.9. The molecular weight excluding hydrogens is 368 g/mol. The van der Waals surface area contributed by atoms with Gasteiger partial charge in [-0.05, 0) is 63.8 Å². The Hall–Kier alpha value is -2.50. The van der Waals surface area contributed by atoms with Gasteiger partial charge in [0.15, 0.2) is 0 Å². The molecule has 0 radical (unpaired) electrons. The van der Waals surface area contributed by atoms with Crippen LogP contribution in [0.1, 0.15) is 62.6 Å². The van der Waals surface area contributed by atoms with E-state index in [-0.39, 0.29) is 30.1 Å². The predicted octanol–water partition coefficient (Wildman–Crippen LogP) is 4.72. The van der Waals surface area contributed by atoms with Gasteiger partial charge in [0, 0.05) is 31.0 Å². The van der Waals surface area contributed by atoms with Crippen LogP contribution in [0.25, 0.3) is 0 Å². The van der Waals surface area contributed by atoms with E-state index in [1.807, 2.05) is 38.7 Å². The number of amides is 2. The van der Waals surface area contributed by atoms with Crippen LogP contribution in [-0.2, 0) is 9.47 Å². The first-order valence-corrected chi connectivity index (χ1v) is 10.4. The zero-order chi connectivity index (χ0) is 20.9. The minimum absolute atomic E-state index is 0.0461. The number of carbonyl (C=O) groups excluding carboxylic acids is 2. The summed E-state index contributed by atoms with van der Waals surface area (Å²) in [5.41, 5.74) is 3.98. The minimum atomic E-state index is -0.542. The SMILES string of the molecule is CCOC(=O)N1CC=C[C@@H]2c3cc(C)cc4c3C(C[C@H]21)CN4C(=O)OC(C)(C)C. The number of hydrogen-bond donors (Lipinski definition) is 0. The van der Waals surface area contributed by atoms with Crippen molar-refractivity contribution in [2.75, 3.05) is 24.6 Å². The molecule has 2 heterocycles. The Balaban J connectivity index is 1.72. The Morgan fingerprint density at radius 2 is 1.97 bits per heavy atom. The molecular formula is C23H30N2O4. The molecule has 1 aliphatic carbocycles. The van der Waals surface area contributed by atoms with E-state index in [1.54, 1.807) is 4.90 Å². The zero-order valence-corrected chi connectivity index (χ0v) is 17.9. The van der Waals surface area contributed by atoms with E-state index < -0.39 is 5.60 Å². The monoisotopic (exact) mass is 398 g/mol. The summed E-state index contributed by atoms with van der Waals surface area (Å²) >= 11 is 0. The van der Waals surface area contributed by atoms with Crippen molar-refractivity contribution in [3.8, 4) is 0 Å². The summed E-state index contributed by atoms with van der Waals surface area (Å²) in [4.78, 5) is 29.1. The van der Waals surface area contributed by atoms with Crippen LogP contribution in [0.15, 0.2) is 24.3 Å². The molecule has 156 valence electrons. The molecule has 0 aromatic heterocycles. The van der Waals surface area contributed by atoms with Crippen LogP contribution in [-0.4, -0.2) is 48.4 Å². The van der Waals surface area contributed by atoms with Crippen molar-refractivity contribution >= 4 is 17.9 Å². The summed E-state index contributed by atoms with van der Waals surface area (Å²) in [5, 5.41) is 0. The average molecular weight is 399 g/mol. The summed E-state index contributed by atoms with van der Waals surface area (Å²) in [7, 11) is 0. The Bertz CT molecular complexity index is 870. The molecule has 0 N–H and O–H groups in total. The molecule has 1 unspecified atom stereocenters. The highest BCUT2D eigenvalue weighted by Crippen LogP contribution is 2.51. The van der Waals surface area contributed by atoms with E-state index in [4.69, 9.17) is 9.47 Å². The summed E-state index contributed by atoms with van der Waals surface area (Å²) in [6.07, 6.45) is 4.51. The van der Waals surface area contributed by atoms with Gasteiger partial charge in [0.1, 0.15) is 5.60 Å². The van der Waals surface area contributed by atoms with E-state index in [0.717, 1.165) is 17.7 Å². The molecule has 1 aromatic carbocycles. The van der Waals surface area contributed by atoms with Crippen molar-refractivity contribution in [3.05, 3.63) is 41.0 Å². The third-order valence-electron chi connectivity index (χ3n) is 5.90. The van der Waals surface area contributed by atoms with Gasteiger partial charge in [-0.2, -0.15) is 0 Å². The number of fused-ring (bicyclic) bond motifs is 2. The Morgan fingerprint density at radius 3 is 2.66 bits per heavy atom. The highest BCUT2D eigenvalue weighted by atomic mass is 16.6. The van der Waals surface area contributed by atoms with Gasteiger partial charge < -0.3 is 14.4 Å². The van der Waals surface area contributed by atoms with Crippen molar-refractivity contribution < 1.29 is 19.1 Å². The average Bonchev–Trinajstić information content (AvgIpc) is 2.99. The lowest BCUT2D eigenvalue weighted by molar-refractivity contribution is 0.0578. The van der Waals surface area contributed by atoms with Crippen molar-refractivity contribution in [3.63, 3.8) is 0 Å². The molecule has 0 saturated carbocycles. The third-order valence-corrected chi connectivity index (χ3v) is 5.90. The highest BCUT2D eigenvalue weighted by molar-refractivity contribution is 5.92. The van der Waals surface area contributed by atoms with Crippen LogP contribution in [0, 0.1) is 6.92 Å². The molecule has 3 atom stereocenters. The van der Waals surface area contributed by atoms with Gasteiger partial charge in [0.05, 0.1) is 12.3 Å². The molecule has 1 aromatic rings. The molecule has 3 aliphatic rings. The molecule has 2 amide bonds. The largest absolute Gasteiger partial charge is 0.450 e. The fourth-order valence-electron chi connectivity index (χ4n) is 4.91. The van der Waals surface area contributed by atoms with Crippen molar-refractivity contribution in [2.24, 2.45) is 0 Å². The van der Waals surface area contributed by atoms with Gasteiger partial charge in [0.2, 0.25) is 0 Å². The quantitative estimate of drug-likeness (QED) is 0.643. The number of anilines is 1. The summed E-state index contributed by atoms with van der Waals surface area (Å²) < 4.78 is 11.0. The number of hydrogen-bond acceptors (Lipinski definition) is 4. The topological polar surface area (TPSA) is 59.1 Å². The third kappa shape index (κ3) is 3.49. The number of benzene rings is 1. The first kappa shape index (κ1) is 19.8. The second kappa shape index (κ2) is 7.08. The standard InChI is InChI=1S/C23H30N2O4/c1-6-28-21(26)24-9-7-8-16-17-10-14(2)11-19-20(17)15(12-18(16)24)13-25(19)22(27)29-23(3,4)5/h7-8,10-11,15-16,18H,6,9,12-13H2,1-5H3/t15?,16-,18-/m1/s1. The molecule has 0 bridgehead atoms. The lowest BCUT2D eigenvalue weighted by Gasteiger charge is -2.43. The first-order valence-electron chi connectivity index (χ1n) is 10.4. The van der Waals surface area contributed by atoms with E-state index in [9.17, 15) is 9.59 Å². The van der Waals surface area contributed by atoms with Gasteiger partial charge in [-0.15, -0.1) is 0 Å². The lowest BCUT2D eigenvalue weighted by Crippen LogP contribution is -2.48. The Labute approximate surface area is 172 Å². The Kier molecular flexibility index (Phi) is 4.83. The fraction of sp³-hybridized carbons (Fsp3) is 0.565. The highest BCUT2D eigenvalue weighted by Gasteiger charge is 2.46. The second-order valence-electron chi connectivity index (χ2n) is 9.18. The van der Waals surface area contributed by atoms with E-state index in [1.165, 1.54) is 11.1 Å². The van der Waals surface area contributed by atoms with Crippen molar-refractivity contribution in [1.82, 2.24) is 4.90 Å². The smallest absolute Gasteiger partial charge is 0.414 e. The molecule has 4 rings (SSSR count). The maximum Gasteiger partial charge on any atom is 0.414 e. The molecule has 6 nitrogen and oxygen atoms in total.